The first-order chi connectivity index (χ1) is 8.52. The highest BCUT2D eigenvalue weighted by atomic mass is 35.5. The maximum atomic E-state index is 12.9. The molecule has 0 aliphatic heterocycles. The lowest BCUT2D eigenvalue weighted by Crippen LogP contribution is -2.39. The number of halogens is 2. The predicted molar refractivity (Wildman–Crippen MR) is 69.4 cm³/mol. The van der Waals surface area contributed by atoms with Crippen LogP contribution in [0.5, 0.6) is 0 Å². The summed E-state index contributed by atoms with van der Waals surface area (Å²) < 4.78 is 17.8. The molecular weight excluding hydrogens is 259 g/mol. The molecule has 100 valence electrons. The molecule has 4 nitrogen and oxygen atoms in total. The number of nitrogens with one attached hydrogen (secondary N) is 2. The minimum absolute atomic E-state index is 0.0214. The number of amides is 1. The van der Waals surface area contributed by atoms with E-state index in [1.807, 2.05) is 6.92 Å². The third kappa shape index (κ3) is 4.89. The van der Waals surface area contributed by atoms with E-state index in [1.165, 1.54) is 18.2 Å². The fourth-order valence-corrected chi connectivity index (χ4v) is 1.59. The number of rotatable bonds is 6. The maximum absolute atomic E-state index is 12.9. The van der Waals surface area contributed by atoms with Crippen molar-refractivity contribution in [3.63, 3.8) is 0 Å². The van der Waals surface area contributed by atoms with Crippen molar-refractivity contribution in [3.05, 3.63) is 29.0 Å². The zero-order chi connectivity index (χ0) is 13.5. The van der Waals surface area contributed by atoms with Crippen molar-refractivity contribution in [1.82, 2.24) is 5.32 Å². The molecule has 0 bridgehead atoms. The summed E-state index contributed by atoms with van der Waals surface area (Å²) in [4.78, 5) is 11.5. The van der Waals surface area contributed by atoms with Gasteiger partial charge in [0.05, 0.1) is 18.2 Å². The molecule has 0 saturated carbocycles. The van der Waals surface area contributed by atoms with Crippen LogP contribution in [0, 0.1) is 5.82 Å². The number of hydrogen-bond donors (Lipinski definition) is 2. The molecule has 1 atom stereocenters. The second-order valence-electron chi connectivity index (χ2n) is 3.91. The second kappa shape index (κ2) is 7.18. The van der Waals surface area contributed by atoms with Crippen LogP contribution in [0.2, 0.25) is 5.02 Å². The summed E-state index contributed by atoms with van der Waals surface area (Å²) in [6, 6.07) is 4.15. The first-order valence-corrected chi connectivity index (χ1v) is 5.88. The molecule has 0 saturated heterocycles. The summed E-state index contributed by atoms with van der Waals surface area (Å²) in [5, 5.41) is 5.62. The van der Waals surface area contributed by atoms with Crippen LogP contribution >= 0.6 is 11.6 Å². The Morgan fingerprint density at radius 2 is 2.28 bits per heavy atom. The van der Waals surface area contributed by atoms with Crippen LogP contribution in [-0.4, -0.2) is 32.2 Å². The largest absolute Gasteiger partial charge is 0.383 e. The Balaban J connectivity index is 2.40. The van der Waals surface area contributed by atoms with E-state index in [-0.39, 0.29) is 23.5 Å². The van der Waals surface area contributed by atoms with Gasteiger partial charge in [-0.3, -0.25) is 4.79 Å². The number of ether oxygens (including phenoxy) is 1. The summed E-state index contributed by atoms with van der Waals surface area (Å²) in [6.45, 7) is 2.39. The molecule has 0 aromatic heterocycles. The molecular formula is C12H16ClFN2O2. The Bertz CT molecular complexity index is 415. The Morgan fingerprint density at radius 1 is 1.56 bits per heavy atom. The van der Waals surface area contributed by atoms with E-state index in [2.05, 4.69) is 10.6 Å². The van der Waals surface area contributed by atoms with Gasteiger partial charge in [-0.05, 0) is 25.1 Å². The van der Waals surface area contributed by atoms with Crippen molar-refractivity contribution >= 4 is 23.2 Å². The second-order valence-corrected chi connectivity index (χ2v) is 4.31. The lowest BCUT2D eigenvalue weighted by molar-refractivity contribution is -0.120. The van der Waals surface area contributed by atoms with Gasteiger partial charge in [-0.2, -0.15) is 0 Å². The average Bonchev–Trinajstić information content (AvgIpc) is 2.31. The quantitative estimate of drug-likeness (QED) is 0.835. The van der Waals surface area contributed by atoms with Gasteiger partial charge >= 0.3 is 0 Å². The number of carbonyl (C=O) groups excluding carboxylic acids is 1. The van der Waals surface area contributed by atoms with Gasteiger partial charge in [0.25, 0.3) is 0 Å². The lowest BCUT2D eigenvalue weighted by atomic mass is 10.3. The van der Waals surface area contributed by atoms with Gasteiger partial charge in [-0.25, -0.2) is 4.39 Å². The Kier molecular flexibility index (Phi) is 5.88. The van der Waals surface area contributed by atoms with Gasteiger partial charge in [0, 0.05) is 18.8 Å². The smallest absolute Gasteiger partial charge is 0.239 e. The van der Waals surface area contributed by atoms with E-state index in [4.69, 9.17) is 16.3 Å². The Morgan fingerprint density at radius 3 is 2.89 bits per heavy atom. The van der Waals surface area contributed by atoms with E-state index in [0.717, 1.165) is 0 Å². The summed E-state index contributed by atoms with van der Waals surface area (Å²) in [5.74, 6) is -0.652. The highest BCUT2D eigenvalue weighted by molar-refractivity contribution is 6.31. The van der Waals surface area contributed by atoms with Gasteiger partial charge < -0.3 is 15.4 Å². The van der Waals surface area contributed by atoms with Crippen molar-refractivity contribution in [2.45, 2.75) is 13.0 Å². The topological polar surface area (TPSA) is 50.4 Å². The monoisotopic (exact) mass is 274 g/mol. The molecule has 0 aliphatic rings. The van der Waals surface area contributed by atoms with Gasteiger partial charge in [0.2, 0.25) is 5.91 Å². The zero-order valence-electron chi connectivity index (χ0n) is 10.3. The highest BCUT2D eigenvalue weighted by Crippen LogP contribution is 2.18. The first-order valence-electron chi connectivity index (χ1n) is 5.50. The van der Waals surface area contributed by atoms with Crippen molar-refractivity contribution in [1.29, 1.82) is 0 Å². The molecule has 0 aliphatic carbocycles. The summed E-state index contributed by atoms with van der Waals surface area (Å²) in [6.07, 6.45) is 0. The number of anilines is 1. The number of benzene rings is 1. The first kappa shape index (κ1) is 14.7. The fourth-order valence-electron chi connectivity index (χ4n) is 1.41. The van der Waals surface area contributed by atoms with Gasteiger partial charge in [0.15, 0.2) is 0 Å². The van der Waals surface area contributed by atoms with Crippen LogP contribution in [0.1, 0.15) is 6.92 Å². The number of hydrogen-bond acceptors (Lipinski definition) is 3. The third-order valence-electron chi connectivity index (χ3n) is 2.20. The molecule has 0 spiro atoms. The van der Waals surface area contributed by atoms with Crippen LogP contribution in [0.15, 0.2) is 18.2 Å². The molecule has 0 fully saturated rings. The molecule has 2 N–H and O–H groups in total. The van der Waals surface area contributed by atoms with Crippen molar-refractivity contribution in [3.8, 4) is 0 Å². The van der Waals surface area contributed by atoms with Gasteiger partial charge in [-0.1, -0.05) is 11.6 Å². The van der Waals surface area contributed by atoms with Crippen LogP contribution in [0.3, 0.4) is 0 Å². The lowest BCUT2D eigenvalue weighted by Gasteiger charge is -2.13. The van der Waals surface area contributed by atoms with E-state index in [9.17, 15) is 9.18 Å². The minimum Gasteiger partial charge on any atom is -0.383 e. The Hall–Kier alpha value is -1.33. The van der Waals surface area contributed by atoms with Crippen LogP contribution in [-0.2, 0) is 9.53 Å². The minimum atomic E-state index is -0.486. The van der Waals surface area contributed by atoms with Crippen molar-refractivity contribution < 1.29 is 13.9 Å². The third-order valence-corrected chi connectivity index (χ3v) is 2.49. The standard InChI is InChI=1S/C12H16ClFN2O2/c1-8(7-18-2)16-12(17)6-15-9-3-4-11(14)10(13)5-9/h3-5,8,15H,6-7H2,1-2H3,(H,16,17)/t8-/m0/s1. The molecule has 1 amide bonds. The Labute approximate surface area is 110 Å². The van der Waals surface area contributed by atoms with Crippen molar-refractivity contribution in [2.24, 2.45) is 0 Å². The van der Waals surface area contributed by atoms with Crippen LogP contribution in [0.25, 0.3) is 0 Å². The van der Waals surface area contributed by atoms with E-state index in [1.54, 1.807) is 7.11 Å². The summed E-state index contributed by atoms with van der Waals surface area (Å²) in [7, 11) is 1.57. The van der Waals surface area contributed by atoms with Gasteiger partial charge in [0.1, 0.15) is 5.82 Å². The fraction of sp³-hybridized carbons (Fsp3) is 0.417. The zero-order valence-corrected chi connectivity index (χ0v) is 11.1. The van der Waals surface area contributed by atoms with E-state index >= 15 is 0 Å². The maximum Gasteiger partial charge on any atom is 0.239 e. The molecule has 0 heterocycles. The van der Waals surface area contributed by atoms with E-state index < -0.39 is 5.82 Å². The highest BCUT2D eigenvalue weighted by Gasteiger charge is 2.07. The summed E-state index contributed by atoms with van der Waals surface area (Å²) >= 11 is 5.62. The normalized spacial score (nSPS) is 12.0. The van der Waals surface area contributed by atoms with Crippen molar-refractivity contribution in [2.75, 3.05) is 25.6 Å². The van der Waals surface area contributed by atoms with Crippen LogP contribution in [0.4, 0.5) is 10.1 Å². The van der Waals surface area contributed by atoms with Gasteiger partial charge in [-0.15, -0.1) is 0 Å². The molecule has 1 rings (SSSR count). The number of carbonyl (C=O) groups is 1. The van der Waals surface area contributed by atoms with E-state index in [0.29, 0.717) is 12.3 Å². The molecule has 1 aromatic carbocycles. The molecule has 0 unspecified atom stereocenters. The SMILES string of the molecule is COC[C@H](C)NC(=O)CNc1ccc(F)c(Cl)c1. The molecule has 0 radical (unpaired) electrons. The van der Waals surface area contributed by atoms with Crippen LogP contribution < -0.4 is 10.6 Å². The predicted octanol–water partition coefficient (Wildman–Crippen LogP) is 2.04. The average molecular weight is 275 g/mol. The summed E-state index contributed by atoms with van der Waals surface area (Å²) in [5.41, 5.74) is 0.593. The molecule has 6 heteroatoms. The molecule has 18 heavy (non-hydrogen) atoms. The number of methoxy groups -OCH3 is 1. The molecule has 1 aromatic rings.